The Balaban J connectivity index is 0.00000144. The second kappa shape index (κ2) is 5.86. The highest BCUT2D eigenvalue weighted by molar-refractivity contribution is 5.64. The summed E-state index contributed by atoms with van der Waals surface area (Å²) in [6.45, 7) is 2.15. The lowest BCUT2D eigenvalue weighted by Crippen LogP contribution is -1.82. The van der Waals surface area contributed by atoms with E-state index in [1.165, 1.54) is 11.1 Å². The molecule has 86 valence electrons. The van der Waals surface area contributed by atoms with Crippen LogP contribution in [-0.2, 0) is 6.42 Å². The van der Waals surface area contributed by atoms with Gasteiger partial charge in [0.15, 0.2) is 0 Å². The minimum Gasteiger partial charge on any atom is -0.192 e. The third-order valence-electron chi connectivity index (χ3n) is 2.71. The van der Waals surface area contributed by atoms with Crippen LogP contribution in [0.2, 0.25) is 0 Å². The van der Waals surface area contributed by atoms with Crippen LogP contribution in [0, 0.1) is 11.3 Å². The van der Waals surface area contributed by atoms with Gasteiger partial charge in [-0.25, -0.2) is 0 Å². The van der Waals surface area contributed by atoms with Crippen LogP contribution in [0.15, 0.2) is 48.5 Å². The highest BCUT2D eigenvalue weighted by Gasteiger charge is 1.97. The second-order valence-corrected chi connectivity index (χ2v) is 3.74. The highest BCUT2D eigenvalue weighted by Crippen LogP contribution is 2.20. The second-order valence-electron chi connectivity index (χ2n) is 3.74. The maximum Gasteiger partial charge on any atom is 0.0991 e. The van der Waals surface area contributed by atoms with Gasteiger partial charge in [0.25, 0.3) is 0 Å². The Labute approximate surface area is 103 Å². The number of rotatable bonds is 2. The Morgan fingerprint density at radius 1 is 0.882 bits per heavy atom. The summed E-state index contributed by atoms with van der Waals surface area (Å²) in [4.78, 5) is 0. The van der Waals surface area contributed by atoms with E-state index in [-0.39, 0.29) is 7.43 Å². The van der Waals surface area contributed by atoms with Crippen LogP contribution in [0.3, 0.4) is 0 Å². The molecule has 0 amide bonds. The molecular formula is C16H17N. The quantitative estimate of drug-likeness (QED) is 0.739. The number of benzene rings is 2. The topological polar surface area (TPSA) is 23.8 Å². The molecule has 2 aromatic carbocycles. The molecule has 0 aliphatic rings. The van der Waals surface area contributed by atoms with E-state index in [1.54, 1.807) is 0 Å². The summed E-state index contributed by atoms with van der Waals surface area (Å²) in [5, 5.41) is 8.72. The lowest BCUT2D eigenvalue weighted by Gasteiger charge is -2.03. The molecule has 2 rings (SSSR count). The average molecular weight is 223 g/mol. The minimum absolute atomic E-state index is 0. The van der Waals surface area contributed by atoms with Gasteiger partial charge in [0, 0.05) is 0 Å². The molecule has 0 aliphatic heterocycles. The van der Waals surface area contributed by atoms with E-state index in [9.17, 15) is 0 Å². The first-order valence-corrected chi connectivity index (χ1v) is 5.43. The van der Waals surface area contributed by atoms with E-state index in [2.05, 4.69) is 37.3 Å². The van der Waals surface area contributed by atoms with Gasteiger partial charge in [0.2, 0.25) is 0 Å². The summed E-state index contributed by atoms with van der Waals surface area (Å²) < 4.78 is 0. The van der Waals surface area contributed by atoms with Crippen molar-refractivity contribution in [2.45, 2.75) is 20.8 Å². The van der Waals surface area contributed by atoms with Crippen molar-refractivity contribution in [1.29, 1.82) is 5.26 Å². The molecule has 0 heterocycles. The summed E-state index contributed by atoms with van der Waals surface area (Å²) in [7, 11) is 0. The van der Waals surface area contributed by atoms with E-state index in [0.29, 0.717) is 5.56 Å². The van der Waals surface area contributed by atoms with Crippen LogP contribution in [0.25, 0.3) is 11.1 Å². The lowest BCUT2D eigenvalue weighted by molar-refractivity contribution is 1.14. The van der Waals surface area contributed by atoms with Gasteiger partial charge in [-0.05, 0) is 35.2 Å². The van der Waals surface area contributed by atoms with Crippen molar-refractivity contribution in [3.8, 4) is 17.2 Å². The first-order chi connectivity index (χ1) is 7.83. The third kappa shape index (κ3) is 2.95. The molecule has 1 nitrogen and oxygen atoms in total. The van der Waals surface area contributed by atoms with Gasteiger partial charge in [-0.1, -0.05) is 50.7 Å². The standard InChI is InChI=1S/C15H13N.CH4/c1-2-12-3-7-14(8-4-12)15-9-5-13(11-16)6-10-15;/h3-10H,2H2,1H3;1H4. The third-order valence-corrected chi connectivity index (χ3v) is 2.71. The lowest BCUT2D eigenvalue weighted by atomic mass is 10.0. The SMILES string of the molecule is C.CCc1ccc(-c2ccc(C#N)cc2)cc1. The molecule has 0 aromatic heterocycles. The van der Waals surface area contributed by atoms with Gasteiger partial charge in [-0.2, -0.15) is 5.26 Å². The first-order valence-electron chi connectivity index (χ1n) is 5.43. The Morgan fingerprint density at radius 2 is 1.35 bits per heavy atom. The zero-order valence-electron chi connectivity index (χ0n) is 9.27. The molecule has 0 bridgehead atoms. The predicted molar refractivity (Wildman–Crippen MR) is 72.7 cm³/mol. The normalized spacial score (nSPS) is 9.18. The van der Waals surface area contributed by atoms with Gasteiger partial charge in [-0.3, -0.25) is 0 Å². The zero-order chi connectivity index (χ0) is 11.4. The maximum atomic E-state index is 8.72. The fraction of sp³-hybridized carbons (Fsp3) is 0.188. The zero-order valence-corrected chi connectivity index (χ0v) is 9.27. The van der Waals surface area contributed by atoms with Crippen LogP contribution < -0.4 is 0 Å². The Bertz CT molecular complexity index is 501. The van der Waals surface area contributed by atoms with Crippen molar-refractivity contribution in [2.75, 3.05) is 0 Å². The summed E-state index contributed by atoms with van der Waals surface area (Å²) in [5.41, 5.74) is 4.40. The number of nitrogens with zero attached hydrogens (tertiary/aromatic N) is 1. The van der Waals surface area contributed by atoms with Crippen molar-refractivity contribution in [3.05, 3.63) is 59.7 Å². The summed E-state index contributed by atoms with van der Waals surface area (Å²) >= 11 is 0. The molecule has 1 heteroatoms. The van der Waals surface area contributed by atoms with E-state index in [1.807, 2.05) is 24.3 Å². The molecule has 0 saturated heterocycles. The van der Waals surface area contributed by atoms with Gasteiger partial charge < -0.3 is 0 Å². The molecule has 0 atom stereocenters. The molecular weight excluding hydrogens is 206 g/mol. The number of aryl methyl sites for hydroxylation is 1. The van der Waals surface area contributed by atoms with Crippen molar-refractivity contribution < 1.29 is 0 Å². The number of hydrogen-bond acceptors (Lipinski definition) is 1. The molecule has 0 saturated carbocycles. The molecule has 0 aliphatic carbocycles. The Hall–Kier alpha value is -2.07. The van der Waals surface area contributed by atoms with Crippen LogP contribution >= 0.6 is 0 Å². The largest absolute Gasteiger partial charge is 0.192 e. The van der Waals surface area contributed by atoms with Gasteiger partial charge in [-0.15, -0.1) is 0 Å². The molecule has 0 fully saturated rings. The Kier molecular flexibility index (Phi) is 4.48. The minimum atomic E-state index is 0. The fourth-order valence-corrected chi connectivity index (χ4v) is 1.67. The van der Waals surface area contributed by atoms with Crippen LogP contribution in [-0.4, -0.2) is 0 Å². The van der Waals surface area contributed by atoms with Gasteiger partial charge in [0.05, 0.1) is 11.6 Å². The Morgan fingerprint density at radius 3 is 1.76 bits per heavy atom. The van der Waals surface area contributed by atoms with Crippen molar-refractivity contribution >= 4 is 0 Å². The highest BCUT2D eigenvalue weighted by atomic mass is 14.2. The average Bonchev–Trinajstić information content (AvgIpc) is 2.39. The molecule has 0 N–H and O–H groups in total. The predicted octanol–water partition coefficient (Wildman–Crippen LogP) is 4.42. The number of hydrogen-bond donors (Lipinski definition) is 0. The van der Waals surface area contributed by atoms with Gasteiger partial charge >= 0.3 is 0 Å². The van der Waals surface area contributed by atoms with Gasteiger partial charge in [0.1, 0.15) is 0 Å². The molecule has 2 aromatic rings. The van der Waals surface area contributed by atoms with E-state index in [4.69, 9.17) is 5.26 Å². The maximum absolute atomic E-state index is 8.72. The van der Waals surface area contributed by atoms with Crippen molar-refractivity contribution in [2.24, 2.45) is 0 Å². The molecule has 0 radical (unpaired) electrons. The smallest absolute Gasteiger partial charge is 0.0991 e. The van der Waals surface area contributed by atoms with E-state index in [0.717, 1.165) is 12.0 Å². The van der Waals surface area contributed by atoms with E-state index >= 15 is 0 Å². The summed E-state index contributed by atoms with van der Waals surface area (Å²) in [6, 6.07) is 18.3. The first kappa shape index (κ1) is 13.0. The van der Waals surface area contributed by atoms with Crippen LogP contribution in [0.1, 0.15) is 25.5 Å². The molecule has 0 unspecified atom stereocenters. The number of nitriles is 1. The van der Waals surface area contributed by atoms with Crippen LogP contribution in [0.5, 0.6) is 0 Å². The summed E-state index contributed by atoms with van der Waals surface area (Å²) in [5.74, 6) is 0. The molecule has 17 heavy (non-hydrogen) atoms. The fourth-order valence-electron chi connectivity index (χ4n) is 1.67. The van der Waals surface area contributed by atoms with E-state index < -0.39 is 0 Å². The van der Waals surface area contributed by atoms with Crippen molar-refractivity contribution in [3.63, 3.8) is 0 Å². The van der Waals surface area contributed by atoms with Crippen LogP contribution in [0.4, 0.5) is 0 Å². The van der Waals surface area contributed by atoms with Crippen molar-refractivity contribution in [1.82, 2.24) is 0 Å². The monoisotopic (exact) mass is 223 g/mol. The molecule has 0 spiro atoms. The summed E-state index contributed by atoms with van der Waals surface area (Å²) in [6.07, 6.45) is 1.06.